The molecule has 3 rings (SSSR count). The monoisotopic (exact) mass is 563 g/mol. The van der Waals surface area contributed by atoms with Crippen LogP contribution in [0.15, 0.2) is 76.7 Å². The smallest absolute Gasteiger partial charge is 0.264 e. The highest BCUT2D eigenvalue weighted by atomic mass is 35.5. The van der Waals surface area contributed by atoms with Gasteiger partial charge >= 0.3 is 0 Å². The Bertz CT molecular complexity index is 1350. The molecule has 1 N–H and O–H groups in total. The molecule has 0 aromatic heterocycles. The zero-order valence-corrected chi connectivity index (χ0v) is 22.7. The first-order chi connectivity index (χ1) is 17.8. The molecule has 0 bridgehead atoms. The molecule has 0 atom stereocenters. The SMILES string of the molecule is CCCOc1ccc(/C=N/NC(=O)CN(c2ccc(Cl)c(Cl)c2)S(=O)(=O)c2ccccc2)cc1OCC. The summed E-state index contributed by atoms with van der Waals surface area (Å²) in [6.07, 6.45) is 2.29. The summed E-state index contributed by atoms with van der Waals surface area (Å²) in [5.74, 6) is 0.522. The average Bonchev–Trinajstić information content (AvgIpc) is 2.89. The molecular formula is C26H27Cl2N3O5S. The first kappa shape index (κ1) is 28.3. The lowest BCUT2D eigenvalue weighted by Crippen LogP contribution is -2.39. The lowest BCUT2D eigenvalue weighted by Gasteiger charge is -2.24. The number of benzene rings is 3. The van der Waals surface area contributed by atoms with Crippen molar-refractivity contribution in [3.63, 3.8) is 0 Å². The van der Waals surface area contributed by atoms with Gasteiger partial charge in [-0.15, -0.1) is 0 Å². The van der Waals surface area contributed by atoms with Gasteiger partial charge in [0.1, 0.15) is 6.54 Å². The van der Waals surface area contributed by atoms with Crippen LogP contribution in [0.3, 0.4) is 0 Å². The molecule has 0 fully saturated rings. The van der Waals surface area contributed by atoms with E-state index in [1.54, 1.807) is 36.4 Å². The van der Waals surface area contributed by atoms with Crippen LogP contribution in [0.1, 0.15) is 25.8 Å². The molecule has 0 aliphatic carbocycles. The maximum atomic E-state index is 13.4. The number of carbonyl (C=O) groups is 1. The number of amides is 1. The number of hydrazone groups is 1. The fourth-order valence-corrected chi connectivity index (χ4v) is 4.95. The lowest BCUT2D eigenvalue weighted by molar-refractivity contribution is -0.119. The Morgan fingerprint density at radius 2 is 1.73 bits per heavy atom. The molecule has 3 aromatic carbocycles. The predicted molar refractivity (Wildman–Crippen MR) is 147 cm³/mol. The van der Waals surface area contributed by atoms with E-state index in [9.17, 15) is 13.2 Å². The summed E-state index contributed by atoms with van der Waals surface area (Å²) in [5.41, 5.74) is 3.21. The molecule has 0 saturated heterocycles. The molecule has 0 radical (unpaired) electrons. The van der Waals surface area contributed by atoms with E-state index in [1.165, 1.54) is 36.5 Å². The molecule has 0 heterocycles. The average molecular weight is 564 g/mol. The van der Waals surface area contributed by atoms with Crippen LogP contribution in [0.5, 0.6) is 11.5 Å². The van der Waals surface area contributed by atoms with Crippen LogP contribution in [-0.4, -0.2) is 40.3 Å². The normalized spacial score (nSPS) is 11.4. The van der Waals surface area contributed by atoms with Crippen LogP contribution in [-0.2, 0) is 14.8 Å². The van der Waals surface area contributed by atoms with Crippen LogP contribution in [0.25, 0.3) is 0 Å². The van der Waals surface area contributed by atoms with Crippen LogP contribution < -0.4 is 19.2 Å². The summed E-state index contributed by atoms with van der Waals surface area (Å²) in [6.45, 7) is 4.36. The fourth-order valence-electron chi connectivity index (χ4n) is 3.22. The Hall–Kier alpha value is -3.27. The second kappa shape index (κ2) is 13.3. The van der Waals surface area contributed by atoms with Gasteiger partial charge in [-0.25, -0.2) is 13.8 Å². The molecule has 1 amide bonds. The number of sulfonamides is 1. The Balaban J connectivity index is 1.79. The Morgan fingerprint density at radius 1 is 0.973 bits per heavy atom. The molecule has 0 aliphatic heterocycles. The molecule has 3 aromatic rings. The number of hydrogen-bond acceptors (Lipinski definition) is 6. The van der Waals surface area contributed by atoms with Gasteiger partial charge in [0.2, 0.25) is 0 Å². The molecular weight excluding hydrogens is 537 g/mol. The van der Waals surface area contributed by atoms with Crippen molar-refractivity contribution in [2.45, 2.75) is 25.2 Å². The van der Waals surface area contributed by atoms with Crippen molar-refractivity contribution in [3.8, 4) is 11.5 Å². The largest absolute Gasteiger partial charge is 0.490 e. The van der Waals surface area contributed by atoms with Crippen molar-refractivity contribution in [1.82, 2.24) is 5.43 Å². The molecule has 0 aliphatic rings. The van der Waals surface area contributed by atoms with Gasteiger partial charge in [0.05, 0.1) is 40.1 Å². The molecule has 11 heteroatoms. The number of hydrogen-bond donors (Lipinski definition) is 1. The first-order valence-electron chi connectivity index (χ1n) is 11.5. The fraction of sp³-hybridized carbons (Fsp3) is 0.231. The van der Waals surface area contributed by atoms with E-state index >= 15 is 0 Å². The van der Waals surface area contributed by atoms with Gasteiger partial charge in [-0.05, 0) is 67.4 Å². The summed E-state index contributed by atoms with van der Waals surface area (Å²) >= 11 is 12.1. The second-order valence-electron chi connectivity index (χ2n) is 7.70. The van der Waals surface area contributed by atoms with Crippen LogP contribution in [0.4, 0.5) is 5.69 Å². The second-order valence-corrected chi connectivity index (χ2v) is 10.4. The summed E-state index contributed by atoms with van der Waals surface area (Å²) in [6, 6.07) is 17.4. The zero-order chi connectivity index (χ0) is 26.8. The lowest BCUT2D eigenvalue weighted by atomic mass is 10.2. The van der Waals surface area contributed by atoms with Crippen LogP contribution in [0.2, 0.25) is 10.0 Å². The summed E-state index contributed by atoms with van der Waals surface area (Å²) < 4.78 is 39.0. The van der Waals surface area contributed by atoms with Gasteiger partial charge in [-0.3, -0.25) is 9.10 Å². The summed E-state index contributed by atoms with van der Waals surface area (Å²) in [4.78, 5) is 12.8. The number of ether oxygens (including phenoxy) is 2. The summed E-state index contributed by atoms with van der Waals surface area (Å²) in [5, 5.41) is 4.39. The number of anilines is 1. The van der Waals surface area contributed by atoms with Gasteiger partial charge < -0.3 is 9.47 Å². The standard InChI is InChI=1S/C26H27Cl2N3O5S/c1-3-14-36-24-13-10-19(15-25(24)35-4-2)17-29-30-26(32)18-31(20-11-12-22(27)23(28)16-20)37(33,34)21-8-6-5-7-9-21/h5-13,15-17H,3-4,14,18H2,1-2H3,(H,30,32)/b29-17+. The zero-order valence-electron chi connectivity index (χ0n) is 20.4. The highest BCUT2D eigenvalue weighted by Crippen LogP contribution is 2.31. The quantitative estimate of drug-likeness (QED) is 0.231. The first-order valence-corrected chi connectivity index (χ1v) is 13.7. The van der Waals surface area contributed by atoms with Gasteiger partial charge in [0.15, 0.2) is 11.5 Å². The van der Waals surface area contributed by atoms with E-state index in [4.69, 9.17) is 32.7 Å². The van der Waals surface area contributed by atoms with Crippen molar-refractivity contribution < 1.29 is 22.7 Å². The Labute approximate surface area is 226 Å². The number of rotatable bonds is 12. The van der Waals surface area contributed by atoms with Crippen LogP contribution in [0, 0.1) is 0 Å². The number of halogens is 2. The minimum Gasteiger partial charge on any atom is -0.490 e. The van der Waals surface area contributed by atoms with E-state index in [1.807, 2.05) is 13.8 Å². The maximum Gasteiger partial charge on any atom is 0.264 e. The third-order valence-electron chi connectivity index (χ3n) is 4.94. The van der Waals surface area contributed by atoms with Crippen molar-refractivity contribution in [2.24, 2.45) is 5.10 Å². The van der Waals surface area contributed by atoms with Gasteiger partial charge in [0.25, 0.3) is 15.9 Å². The number of nitrogens with zero attached hydrogens (tertiary/aromatic N) is 2. The minimum absolute atomic E-state index is 0.0196. The van der Waals surface area contributed by atoms with Crippen molar-refractivity contribution >= 4 is 51.0 Å². The highest BCUT2D eigenvalue weighted by Gasteiger charge is 2.27. The Morgan fingerprint density at radius 3 is 2.41 bits per heavy atom. The van der Waals surface area contributed by atoms with E-state index < -0.39 is 22.5 Å². The van der Waals surface area contributed by atoms with E-state index in [2.05, 4.69) is 10.5 Å². The van der Waals surface area contributed by atoms with E-state index in [0.717, 1.165) is 10.7 Å². The van der Waals surface area contributed by atoms with Crippen molar-refractivity contribution in [2.75, 3.05) is 24.1 Å². The molecule has 8 nitrogen and oxygen atoms in total. The van der Waals surface area contributed by atoms with E-state index in [-0.39, 0.29) is 20.6 Å². The Kier molecular flexibility index (Phi) is 10.2. The van der Waals surface area contributed by atoms with Gasteiger partial charge in [0, 0.05) is 0 Å². The van der Waals surface area contributed by atoms with Gasteiger partial charge in [-0.1, -0.05) is 48.3 Å². The molecule has 196 valence electrons. The van der Waals surface area contributed by atoms with Crippen LogP contribution >= 0.6 is 23.2 Å². The molecule has 0 saturated carbocycles. The third kappa shape index (κ3) is 7.61. The van der Waals surface area contributed by atoms with E-state index in [0.29, 0.717) is 30.3 Å². The molecule has 0 unspecified atom stereocenters. The minimum atomic E-state index is -4.09. The summed E-state index contributed by atoms with van der Waals surface area (Å²) in [7, 11) is -4.09. The third-order valence-corrected chi connectivity index (χ3v) is 7.47. The predicted octanol–water partition coefficient (Wildman–Crippen LogP) is 5.53. The number of carbonyl (C=O) groups excluding carboxylic acids is 1. The number of nitrogens with one attached hydrogen (secondary N) is 1. The molecule has 37 heavy (non-hydrogen) atoms. The highest BCUT2D eigenvalue weighted by molar-refractivity contribution is 7.92. The maximum absolute atomic E-state index is 13.4. The molecule has 0 spiro atoms. The topological polar surface area (TPSA) is 97.3 Å². The van der Waals surface area contributed by atoms with Gasteiger partial charge in [-0.2, -0.15) is 5.10 Å². The van der Waals surface area contributed by atoms with Crippen molar-refractivity contribution in [3.05, 3.63) is 82.3 Å². The van der Waals surface area contributed by atoms with Crippen molar-refractivity contribution in [1.29, 1.82) is 0 Å².